The highest BCUT2D eigenvalue weighted by molar-refractivity contribution is 5.91. The number of ether oxygens (including phenoxy) is 1. The highest BCUT2D eigenvalue weighted by atomic mass is 16.6. The zero-order chi connectivity index (χ0) is 15.9. The van der Waals surface area contributed by atoms with Gasteiger partial charge in [-0.25, -0.2) is 4.79 Å². The van der Waals surface area contributed by atoms with E-state index in [1.807, 2.05) is 13.8 Å². The Balaban J connectivity index is 1.79. The van der Waals surface area contributed by atoms with E-state index < -0.39 is 0 Å². The topological polar surface area (TPSA) is 83.8 Å². The predicted molar refractivity (Wildman–Crippen MR) is 81.0 cm³/mol. The average molecular weight is 309 g/mol. The number of carbonyl (C=O) groups excluding carboxylic acids is 2. The maximum atomic E-state index is 12.1. The van der Waals surface area contributed by atoms with E-state index in [9.17, 15) is 9.59 Å². The van der Waals surface area contributed by atoms with E-state index >= 15 is 0 Å². The molecule has 22 heavy (non-hydrogen) atoms. The third-order valence-corrected chi connectivity index (χ3v) is 3.54. The van der Waals surface area contributed by atoms with Crippen LogP contribution in [0.5, 0.6) is 5.95 Å². The molecule has 0 unspecified atom stereocenters. The quantitative estimate of drug-likeness (QED) is 0.865. The van der Waals surface area contributed by atoms with Gasteiger partial charge < -0.3 is 24.7 Å². The fourth-order valence-corrected chi connectivity index (χ4v) is 2.41. The summed E-state index contributed by atoms with van der Waals surface area (Å²) in [6, 6.07) is 3.25. The Labute approximate surface area is 130 Å². The Hall–Kier alpha value is -2.18. The van der Waals surface area contributed by atoms with Crippen LogP contribution < -0.4 is 15.4 Å². The molecule has 2 heterocycles. The third-order valence-electron chi connectivity index (χ3n) is 3.54. The van der Waals surface area contributed by atoms with Crippen molar-refractivity contribution in [1.82, 2.24) is 15.5 Å². The molecule has 1 saturated heterocycles. The monoisotopic (exact) mass is 309 g/mol. The molecule has 2 N–H and O–H groups in total. The van der Waals surface area contributed by atoms with E-state index in [-0.39, 0.29) is 23.7 Å². The van der Waals surface area contributed by atoms with Crippen molar-refractivity contribution < 1.29 is 18.7 Å². The fraction of sp³-hybridized carbons (Fsp3) is 0.600. The van der Waals surface area contributed by atoms with Crippen LogP contribution in [-0.2, 0) is 0 Å². The van der Waals surface area contributed by atoms with E-state index in [2.05, 4.69) is 10.6 Å². The number of carbonyl (C=O) groups is 2. The molecule has 1 aromatic rings. The molecule has 0 saturated carbocycles. The van der Waals surface area contributed by atoms with E-state index in [1.54, 1.807) is 17.0 Å². The summed E-state index contributed by atoms with van der Waals surface area (Å²) >= 11 is 0. The molecule has 0 bridgehead atoms. The molecular weight excluding hydrogens is 286 g/mol. The molecule has 1 fully saturated rings. The molecule has 2 rings (SSSR count). The van der Waals surface area contributed by atoms with E-state index in [0.29, 0.717) is 32.2 Å². The minimum absolute atomic E-state index is 0.0420. The number of urea groups is 1. The van der Waals surface area contributed by atoms with E-state index in [1.165, 1.54) is 0 Å². The van der Waals surface area contributed by atoms with Crippen LogP contribution in [0.25, 0.3) is 0 Å². The van der Waals surface area contributed by atoms with Gasteiger partial charge in [0.15, 0.2) is 5.76 Å². The number of hydrogen-bond acceptors (Lipinski definition) is 4. The Morgan fingerprint density at radius 2 is 2.05 bits per heavy atom. The van der Waals surface area contributed by atoms with Crippen molar-refractivity contribution in [2.24, 2.45) is 0 Å². The summed E-state index contributed by atoms with van der Waals surface area (Å²) < 4.78 is 10.5. The van der Waals surface area contributed by atoms with Gasteiger partial charge in [-0.2, -0.15) is 0 Å². The number of rotatable bonds is 5. The first-order valence-corrected chi connectivity index (χ1v) is 7.70. The standard InChI is InChI=1S/C15H23N3O4/c1-3-16-15(20)18-9-7-11(8-10-18)17-14(19)12-5-6-13(22-12)21-4-2/h5-6,11H,3-4,7-10H2,1-2H3,(H,16,20)(H,17,19). The normalized spacial score (nSPS) is 15.5. The van der Waals surface area contributed by atoms with Crippen molar-refractivity contribution in [3.8, 4) is 5.95 Å². The molecule has 0 aliphatic carbocycles. The lowest BCUT2D eigenvalue weighted by atomic mass is 10.1. The zero-order valence-electron chi connectivity index (χ0n) is 13.1. The molecule has 0 atom stereocenters. The molecule has 1 aromatic heterocycles. The molecule has 122 valence electrons. The highest BCUT2D eigenvalue weighted by Crippen LogP contribution is 2.17. The highest BCUT2D eigenvalue weighted by Gasteiger charge is 2.24. The summed E-state index contributed by atoms with van der Waals surface area (Å²) in [6.07, 6.45) is 1.48. The number of amides is 3. The predicted octanol–water partition coefficient (Wildman–Crippen LogP) is 1.60. The zero-order valence-corrected chi connectivity index (χ0v) is 13.1. The summed E-state index contributed by atoms with van der Waals surface area (Å²) in [4.78, 5) is 25.6. The van der Waals surface area contributed by atoms with Crippen LogP contribution in [0.2, 0.25) is 0 Å². The van der Waals surface area contributed by atoms with Crippen molar-refractivity contribution in [1.29, 1.82) is 0 Å². The second kappa shape index (κ2) is 7.72. The SMILES string of the molecule is CCNC(=O)N1CCC(NC(=O)c2ccc(OCC)o2)CC1. The summed E-state index contributed by atoms with van der Waals surface area (Å²) in [5, 5.41) is 5.72. The van der Waals surface area contributed by atoms with Gasteiger partial charge in [0.25, 0.3) is 11.9 Å². The van der Waals surface area contributed by atoms with Gasteiger partial charge in [0.2, 0.25) is 0 Å². The van der Waals surface area contributed by atoms with Gasteiger partial charge in [-0.15, -0.1) is 0 Å². The molecule has 0 spiro atoms. The summed E-state index contributed by atoms with van der Waals surface area (Å²) in [5.74, 6) is 0.343. The minimum atomic E-state index is -0.248. The van der Waals surface area contributed by atoms with Gasteiger partial charge in [0, 0.05) is 31.7 Å². The molecule has 7 heteroatoms. The van der Waals surface area contributed by atoms with Crippen LogP contribution >= 0.6 is 0 Å². The van der Waals surface area contributed by atoms with Crippen LogP contribution in [0.15, 0.2) is 16.5 Å². The number of piperidine rings is 1. The van der Waals surface area contributed by atoms with E-state index in [0.717, 1.165) is 12.8 Å². The maximum Gasteiger partial charge on any atom is 0.317 e. The van der Waals surface area contributed by atoms with Crippen molar-refractivity contribution in [3.05, 3.63) is 17.9 Å². The molecule has 3 amide bonds. The number of hydrogen-bond donors (Lipinski definition) is 2. The summed E-state index contributed by atoms with van der Waals surface area (Å²) in [5.41, 5.74) is 0. The number of nitrogens with zero attached hydrogens (tertiary/aromatic N) is 1. The maximum absolute atomic E-state index is 12.1. The molecule has 0 radical (unpaired) electrons. The first-order chi connectivity index (χ1) is 10.6. The number of likely N-dealkylation sites (tertiary alicyclic amines) is 1. The van der Waals surface area contributed by atoms with Gasteiger partial charge in [-0.3, -0.25) is 4.79 Å². The van der Waals surface area contributed by atoms with Crippen LogP contribution in [0.1, 0.15) is 37.2 Å². The largest absolute Gasteiger partial charge is 0.465 e. The fourth-order valence-electron chi connectivity index (χ4n) is 2.41. The van der Waals surface area contributed by atoms with Gasteiger partial charge in [-0.05, 0) is 32.8 Å². The lowest BCUT2D eigenvalue weighted by molar-refractivity contribution is 0.0881. The Morgan fingerprint density at radius 1 is 1.32 bits per heavy atom. The lowest BCUT2D eigenvalue weighted by Gasteiger charge is -2.32. The Morgan fingerprint density at radius 3 is 2.68 bits per heavy atom. The van der Waals surface area contributed by atoms with Crippen molar-refractivity contribution >= 4 is 11.9 Å². The van der Waals surface area contributed by atoms with Gasteiger partial charge >= 0.3 is 6.03 Å². The second-order valence-electron chi connectivity index (χ2n) is 5.12. The number of nitrogens with one attached hydrogen (secondary N) is 2. The Kier molecular flexibility index (Phi) is 5.68. The third kappa shape index (κ3) is 4.16. The van der Waals surface area contributed by atoms with Crippen LogP contribution in [-0.4, -0.2) is 49.1 Å². The number of furan rings is 1. The molecular formula is C15H23N3O4. The lowest BCUT2D eigenvalue weighted by Crippen LogP contribution is -2.49. The van der Waals surface area contributed by atoms with Crippen molar-refractivity contribution in [3.63, 3.8) is 0 Å². The first kappa shape index (κ1) is 16.2. The van der Waals surface area contributed by atoms with Crippen molar-refractivity contribution in [2.75, 3.05) is 26.2 Å². The molecule has 0 aromatic carbocycles. The molecule has 7 nitrogen and oxygen atoms in total. The summed E-state index contributed by atoms with van der Waals surface area (Å²) in [7, 11) is 0. The molecule has 1 aliphatic heterocycles. The van der Waals surface area contributed by atoms with Crippen molar-refractivity contribution in [2.45, 2.75) is 32.7 Å². The van der Waals surface area contributed by atoms with Gasteiger partial charge in [0.05, 0.1) is 6.61 Å². The minimum Gasteiger partial charge on any atom is -0.465 e. The van der Waals surface area contributed by atoms with Crippen LogP contribution in [0.3, 0.4) is 0 Å². The summed E-state index contributed by atoms with van der Waals surface area (Å²) in [6.45, 7) is 6.14. The average Bonchev–Trinajstić information content (AvgIpc) is 2.97. The van der Waals surface area contributed by atoms with Crippen LogP contribution in [0, 0.1) is 0 Å². The molecule has 1 aliphatic rings. The first-order valence-electron chi connectivity index (χ1n) is 7.70. The van der Waals surface area contributed by atoms with Gasteiger partial charge in [0.1, 0.15) is 0 Å². The smallest absolute Gasteiger partial charge is 0.317 e. The second-order valence-corrected chi connectivity index (χ2v) is 5.12. The van der Waals surface area contributed by atoms with Crippen LogP contribution in [0.4, 0.5) is 4.79 Å². The Bertz CT molecular complexity index is 507. The van der Waals surface area contributed by atoms with Gasteiger partial charge in [-0.1, -0.05) is 0 Å². The van der Waals surface area contributed by atoms with E-state index in [4.69, 9.17) is 9.15 Å².